The van der Waals surface area contributed by atoms with E-state index in [4.69, 9.17) is 11.6 Å². The van der Waals surface area contributed by atoms with Gasteiger partial charge in [0.05, 0.1) is 6.20 Å². The molecule has 62 valence electrons. The van der Waals surface area contributed by atoms with Crippen molar-refractivity contribution in [3.63, 3.8) is 0 Å². The minimum atomic E-state index is 0.542. The molecule has 1 aromatic heterocycles. The standard InChI is InChI=1S/C8H13ClN2/c1-7(4-9)3-8-5-10-11(2)6-8/h5-7H,3-4H2,1-2H3. The van der Waals surface area contributed by atoms with E-state index in [1.807, 2.05) is 24.1 Å². The summed E-state index contributed by atoms with van der Waals surface area (Å²) in [6, 6.07) is 0. The lowest BCUT2D eigenvalue weighted by atomic mass is 10.1. The number of alkyl halides is 1. The van der Waals surface area contributed by atoms with E-state index in [1.165, 1.54) is 5.56 Å². The van der Waals surface area contributed by atoms with Crippen LogP contribution in [-0.4, -0.2) is 15.7 Å². The Balaban J connectivity index is 2.50. The Morgan fingerprint density at radius 3 is 2.91 bits per heavy atom. The van der Waals surface area contributed by atoms with Crippen LogP contribution in [0, 0.1) is 5.92 Å². The monoisotopic (exact) mass is 172 g/mol. The highest BCUT2D eigenvalue weighted by Gasteiger charge is 2.02. The second-order valence-corrected chi connectivity index (χ2v) is 3.29. The Morgan fingerprint density at radius 2 is 2.45 bits per heavy atom. The molecule has 0 saturated carbocycles. The van der Waals surface area contributed by atoms with Crippen LogP contribution in [0.15, 0.2) is 12.4 Å². The highest BCUT2D eigenvalue weighted by Crippen LogP contribution is 2.07. The van der Waals surface area contributed by atoms with Crippen LogP contribution in [0.4, 0.5) is 0 Å². The van der Waals surface area contributed by atoms with Crippen LogP contribution < -0.4 is 0 Å². The van der Waals surface area contributed by atoms with Gasteiger partial charge in [-0.2, -0.15) is 5.10 Å². The third-order valence-electron chi connectivity index (χ3n) is 1.61. The van der Waals surface area contributed by atoms with Crippen molar-refractivity contribution >= 4 is 11.6 Å². The van der Waals surface area contributed by atoms with Gasteiger partial charge >= 0.3 is 0 Å². The zero-order valence-electron chi connectivity index (χ0n) is 6.92. The second kappa shape index (κ2) is 3.77. The molecule has 1 unspecified atom stereocenters. The molecule has 0 radical (unpaired) electrons. The van der Waals surface area contributed by atoms with Gasteiger partial charge in [-0.3, -0.25) is 4.68 Å². The fraction of sp³-hybridized carbons (Fsp3) is 0.625. The first-order valence-corrected chi connectivity index (χ1v) is 4.29. The molecule has 3 heteroatoms. The molecule has 2 nitrogen and oxygen atoms in total. The molecule has 0 amide bonds. The molecule has 0 N–H and O–H groups in total. The predicted octanol–water partition coefficient (Wildman–Crippen LogP) is 1.84. The zero-order valence-corrected chi connectivity index (χ0v) is 7.67. The van der Waals surface area contributed by atoms with Crippen LogP contribution in [-0.2, 0) is 13.5 Å². The molecule has 0 fully saturated rings. The van der Waals surface area contributed by atoms with Crippen LogP contribution in [0.1, 0.15) is 12.5 Å². The number of hydrogen-bond acceptors (Lipinski definition) is 1. The van der Waals surface area contributed by atoms with Crippen molar-refractivity contribution in [3.05, 3.63) is 18.0 Å². The maximum Gasteiger partial charge on any atom is 0.0521 e. The summed E-state index contributed by atoms with van der Waals surface area (Å²) in [4.78, 5) is 0. The van der Waals surface area contributed by atoms with E-state index < -0.39 is 0 Å². The van der Waals surface area contributed by atoms with Gasteiger partial charge in [0.2, 0.25) is 0 Å². The maximum atomic E-state index is 5.68. The molecule has 0 aliphatic rings. The average molecular weight is 173 g/mol. The van der Waals surface area contributed by atoms with E-state index in [1.54, 1.807) is 0 Å². The van der Waals surface area contributed by atoms with Crippen LogP contribution in [0.5, 0.6) is 0 Å². The number of aromatic nitrogens is 2. The van der Waals surface area contributed by atoms with Crippen molar-refractivity contribution in [2.45, 2.75) is 13.3 Å². The van der Waals surface area contributed by atoms with E-state index >= 15 is 0 Å². The van der Waals surface area contributed by atoms with E-state index in [9.17, 15) is 0 Å². The second-order valence-electron chi connectivity index (χ2n) is 2.99. The average Bonchev–Trinajstić information content (AvgIpc) is 2.35. The summed E-state index contributed by atoms with van der Waals surface area (Å²) in [5.74, 6) is 1.26. The molecular formula is C8H13ClN2. The fourth-order valence-corrected chi connectivity index (χ4v) is 1.14. The lowest BCUT2D eigenvalue weighted by molar-refractivity contribution is 0.654. The Morgan fingerprint density at radius 1 is 1.73 bits per heavy atom. The molecule has 0 saturated heterocycles. The maximum absolute atomic E-state index is 5.68. The van der Waals surface area contributed by atoms with Crippen molar-refractivity contribution in [2.75, 3.05) is 5.88 Å². The summed E-state index contributed by atoms with van der Waals surface area (Å²) in [7, 11) is 1.93. The predicted molar refractivity (Wildman–Crippen MR) is 46.8 cm³/mol. The van der Waals surface area contributed by atoms with E-state index in [0.29, 0.717) is 5.92 Å². The van der Waals surface area contributed by atoms with Crippen LogP contribution >= 0.6 is 11.6 Å². The Labute approximate surface area is 72.2 Å². The van der Waals surface area contributed by atoms with Gasteiger partial charge < -0.3 is 0 Å². The number of hydrogen-bond donors (Lipinski definition) is 0. The largest absolute Gasteiger partial charge is 0.276 e. The molecule has 1 atom stereocenters. The lowest BCUT2D eigenvalue weighted by Crippen LogP contribution is -1.99. The Hall–Kier alpha value is -0.500. The first-order chi connectivity index (χ1) is 5.22. The normalized spacial score (nSPS) is 13.4. The summed E-state index contributed by atoms with van der Waals surface area (Å²) in [6.45, 7) is 2.14. The number of aryl methyl sites for hydroxylation is 1. The fourth-order valence-electron chi connectivity index (χ4n) is 1.03. The molecule has 1 rings (SSSR count). The summed E-state index contributed by atoms with van der Waals surface area (Å²) in [6.07, 6.45) is 4.95. The molecule has 0 aromatic carbocycles. The van der Waals surface area contributed by atoms with Gasteiger partial charge in [0.1, 0.15) is 0 Å². The smallest absolute Gasteiger partial charge is 0.0521 e. The molecule has 0 aliphatic carbocycles. The van der Waals surface area contributed by atoms with Gasteiger partial charge in [-0.1, -0.05) is 6.92 Å². The summed E-state index contributed by atoms with van der Waals surface area (Å²) >= 11 is 5.68. The molecular weight excluding hydrogens is 160 g/mol. The molecule has 11 heavy (non-hydrogen) atoms. The minimum Gasteiger partial charge on any atom is -0.276 e. The van der Waals surface area contributed by atoms with Gasteiger partial charge in [-0.05, 0) is 17.9 Å². The quantitative estimate of drug-likeness (QED) is 0.637. The molecule has 0 aliphatic heterocycles. The summed E-state index contributed by atoms with van der Waals surface area (Å²) in [5.41, 5.74) is 1.26. The highest BCUT2D eigenvalue weighted by molar-refractivity contribution is 6.18. The number of halogens is 1. The third-order valence-corrected chi connectivity index (χ3v) is 2.13. The molecule has 1 heterocycles. The highest BCUT2D eigenvalue weighted by atomic mass is 35.5. The van der Waals surface area contributed by atoms with E-state index in [0.717, 1.165) is 12.3 Å². The van der Waals surface area contributed by atoms with Crippen molar-refractivity contribution in [3.8, 4) is 0 Å². The van der Waals surface area contributed by atoms with Crippen molar-refractivity contribution in [1.29, 1.82) is 0 Å². The van der Waals surface area contributed by atoms with Crippen LogP contribution in [0.2, 0.25) is 0 Å². The number of rotatable bonds is 3. The van der Waals surface area contributed by atoms with Gasteiger partial charge in [0.25, 0.3) is 0 Å². The lowest BCUT2D eigenvalue weighted by Gasteiger charge is -2.02. The van der Waals surface area contributed by atoms with Crippen LogP contribution in [0.25, 0.3) is 0 Å². The molecule has 0 bridgehead atoms. The van der Waals surface area contributed by atoms with Crippen molar-refractivity contribution < 1.29 is 0 Å². The molecule has 0 spiro atoms. The van der Waals surface area contributed by atoms with Crippen LogP contribution in [0.3, 0.4) is 0 Å². The van der Waals surface area contributed by atoms with Gasteiger partial charge in [-0.15, -0.1) is 11.6 Å². The molecule has 1 aromatic rings. The van der Waals surface area contributed by atoms with E-state index in [2.05, 4.69) is 12.0 Å². The van der Waals surface area contributed by atoms with Gasteiger partial charge in [0.15, 0.2) is 0 Å². The zero-order chi connectivity index (χ0) is 8.27. The number of nitrogens with zero attached hydrogens (tertiary/aromatic N) is 2. The minimum absolute atomic E-state index is 0.542. The van der Waals surface area contributed by atoms with E-state index in [-0.39, 0.29) is 0 Å². The topological polar surface area (TPSA) is 17.8 Å². The van der Waals surface area contributed by atoms with Crippen molar-refractivity contribution in [2.24, 2.45) is 13.0 Å². The first-order valence-electron chi connectivity index (χ1n) is 3.76. The Bertz CT molecular complexity index is 220. The summed E-state index contributed by atoms with van der Waals surface area (Å²) in [5, 5.41) is 4.08. The SMILES string of the molecule is CC(CCl)Cc1cnn(C)c1. The Kier molecular flexibility index (Phi) is 2.94. The third kappa shape index (κ3) is 2.54. The van der Waals surface area contributed by atoms with Crippen molar-refractivity contribution in [1.82, 2.24) is 9.78 Å². The summed E-state index contributed by atoms with van der Waals surface area (Å²) < 4.78 is 1.82. The van der Waals surface area contributed by atoms with Gasteiger partial charge in [-0.25, -0.2) is 0 Å². The first kappa shape index (κ1) is 8.60. The van der Waals surface area contributed by atoms with Gasteiger partial charge in [0, 0.05) is 19.1 Å².